The molecule has 0 spiro atoms. The van der Waals surface area contributed by atoms with Gasteiger partial charge in [0.25, 0.3) is 0 Å². The molecule has 5 rings (SSSR count). The van der Waals surface area contributed by atoms with Crippen molar-refractivity contribution in [3.63, 3.8) is 0 Å². The van der Waals surface area contributed by atoms with Crippen molar-refractivity contribution in [2.75, 3.05) is 0 Å². The number of thiazole rings is 1. The number of para-hydroxylation sites is 1. The minimum Gasteiger partial charge on any atom is -0.459 e. The first-order chi connectivity index (χ1) is 12.8. The third-order valence-electron chi connectivity index (χ3n) is 8.59. The number of esters is 1. The zero-order chi connectivity index (χ0) is 19.0. The van der Waals surface area contributed by atoms with E-state index >= 15 is 0 Å². The molecule has 144 valence electrons. The van der Waals surface area contributed by atoms with Gasteiger partial charge in [0.05, 0.1) is 16.6 Å². The lowest BCUT2D eigenvalue weighted by Crippen LogP contribution is -2.60. The SMILES string of the molecule is CC1CCC2(C)C3CC(=O)OC3(C)CCC2C1(C)c1nc2ccccc2s1. The molecule has 1 saturated heterocycles. The summed E-state index contributed by atoms with van der Waals surface area (Å²) >= 11 is 1.88. The predicted molar refractivity (Wildman–Crippen MR) is 109 cm³/mol. The first-order valence-electron chi connectivity index (χ1n) is 10.4. The molecule has 3 nitrogen and oxygen atoms in total. The highest BCUT2D eigenvalue weighted by Crippen LogP contribution is 2.67. The summed E-state index contributed by atoms with van der Waals surface area (Å²) in [6.07, 6.45) is 5.08. The number of hydrogen-bond acceptors (Lipinski definition) is 4. The van der Waals surface area contributed by atoms with Crippen molar-refractivity contribution >= 4 is 27.5 Å². The van der Waals surface area contributed by atoms with Crippen molar-refractivity contribution < 1.29 is 9.53 Å². The molecule has 1 aliphatic heterocycles. The van der Waals surface area contributed by atoms with Crippen LogP contribution in [0.2, 0.25) is 0 Å². The zero-order valence-corrected chi connectivity index (χ0v) is 17.6. The third-order valence-corrected chi connectivity index (χ3v) is 9.88. The van der Waals surface area contributed by atoms with Gasteiger partial charge in [-0.15, -0.1) is 11.3 Å². The van der Waals surface area contributed by atoms with Crippen LogP contribution in [0.4, 0.5) is 0 Å². The van der Waals surface area contributed by atoms with Crippen molar-refractivity contribution in [1.82, 2.24) is 4.98 Å². The van der Waals surface area contributed by atoms with Gasteiger partial charge in [0.15, 0.2) is 0 Å². The molecular weight excluding hydrogens is 354 g/mol. The highest BCUT2D eigenvalue weighted by Gasteiger charge is 2.65. The zero-order valence-electron chi connectivity index (χ0n) is 16.7. The maximum Gasteiger partial charge on any atom is 0.306 e. The van der Waals surface area contributed by atoms with Gasteiger partial charge in [-0.1, -0.05) is 32.9 Å². The normalized spacial score (nSPS) is 44.0. The van der Waals surface area contributed by atoms with Gasteiger partial charge in [-0.05, 0) is 62.0 Å². The summed E-state index contributed by atoms with van der Waals surface area (Å²) in [5.41, 5.74) is 1.05. The lowest BCUT2D eigenvalue weighted by molar-refractivity contribution is -0.164. The Labute approximate surface area is 165 Å². The van der Waals surface area contributed by atoms with E-state index in [1.807, 2.05) is 11.3 Å². The molecule has 4 heteroatoms. The first-order valence-corrected chi connectivity index (χ1v) is 11.2. The van der Waals surface area contributed by atoms with Crippen LogP contribution in [-0.4, -0.2) is 16.6 Å². The fourth-order valence-corrected chi connectivity index (χ4v) is 8.16. The summed E-state index contributed by atoms with van der Waals surface area (Å²) in [7, 11) is 0. The molecule has 2 saturated carbocycles. The van der Waals surface area contributed by atoms with E-state index in [0.29, 0.717) is 24.2 Å². The molecule has 27 heavy (non-hydrogen) atoms. The number of carbonyl (C=O) groups is 1. The van der Waals surface area contributed by atoms with E-state index in [-0.39, 0.29) is 22.4 Å². The number of benzene rings is 1. The monoisotopic (exact) mass is 383 g/mol. The molecule has 3 fully saturated rings. The maximum absolute atomic E-state index is 12.2. The van der Waals surface area contributed by atoms with Crippen LogP contribution in [0, 0.1) is 23.2 Å². The number of rotatable bonds is 1. The van der Waals surface area contributed by atoms with E-state index in [1.54, 1.807) is 0 Å². The lowest BCUT2D eigenvalue weighted by Gasteiger charge is -2.61. The molecule has 1 aromatic heterocycles. The fourth-order valence-electron chi connectivity index (χ4n) is 6.88. The molecule has 1 aromatic carbocycles. The van der Waals surface area contributed by atoms with Gasteiger partial charge >= 0.3 is 5.97 Å². The predicted octanol–water partition coefficient (Wildman–Crippen LogP) is 5.72. The minimum absolute atomic E-state index is 0.00434. The van der Waals surface area contributed by atoms with E-state index in [0.717, 1.165) is 18.4 Å². The number of fused-ring (bicyclic) bond motifs is 4. The second-order valence-electron chi connectivity index (χ2n) is 9.85. The first kappa shape index (κ1) is 17.7. The highest BCUT2D eigenvalue weighted by molar-refractivity contribution is 7.18. The highest BCUT2D eigenvalue weighted by atomic mass is 32.1. The molecule has 3 aliphatic rings. The molecule has 0 bridgehead atoms. The Morgan fingerprint density at radius 1 is 1.11 bits per heavy atom. The molecule has 2 heterocycles. The summed E-state index contributed by atoms with van der Waals surface area (Å²) in [4.78, 5) is 17.3. The molecule has 2 aliphatic carbocycles. The molecule has 2 aromatic rings. The number of hydrogen-bond donors (Lipinski definition) is 0. The smallest absolute Gasteiger partial charge is 0.306 e. The van der Waals surface area contributed by atoms with Gasteiger partial charge in [0.2, 0.25) is 0 Å². The number of ether oxygens (including phenoxy) is 1. The van der Waals surface area contributed by atoms with Crippen LogP contribution in [0.1, 0.15) is 64.8 Å². The summed E-state index contributed by atoms with van der Waals surface area (Å²) in [5.74, 6) is 1.47. The summed E-state index contributed by atoms with van der Waals surface area (Å²) < 4.78 is 7.15. The molecule has 0 radical (unpaired) electrons. The summed E-state index contributed by atoms with van der Waals surface area (Å²) in [5, 5.41) is 1.29. The van der Waals surface area contributed by atoms with Gasteiger partial charge in [0.1, 0.15) is 10.6 Å². The van der Waals surface area contributed by atoms with Gasteiger partial charge < -0.3 is 4.74 Å². The van der Waals surface area contributed by atoms with Gasteiger partial charge in [-0.25, -0.2) is 4.98 Å². The Bertz CT molecular complexity index is 889. The lowest BCUT2D eigenvalue weighted by atomic mass is 9.43. The van der Waals surface area contributed by atoms with Crippen LogP contribution in [0.15, 0.2) is 24.3 Å². The molecule has 6 unspecified atom stereocenters. The van der Waals surface area contributed by atoms with Crippen molar-refractivity contribution in [3.05, 3.63) is 29.3 Å². The molecule has 0 amide bonds. The largest absolute Gasteiger partial charge is 0.459 e. The van der Waals surface area contributed by atoms with Crippen molar-refractivity contribution in [2.45, 2.75) is 70.8 Å². The Morgan fingerprint density at radius 2 is 1.89 bits per heavy atom. The topological polar surface area (TPSA) is 39.2 Å². The number of nitrogens with zero attached hydrogens (tertiary/aromatic N) is 1. The summed E-state index contributed by atoms with van der Waals surface area (Å²) in [6, 6.07) is 8.51. The molecule has 0 N–H and O–H groups in total. The van der Waals surface area contributed by atoms with Crippen LogP contribution in [0.5, 0.6) is 0 Å². The van der Waals surface area contributed by atoms with Crippen molar-refractivity contribution in [1.29, 1.82) is 0 Å². The van der Waals surface area contributed by atoms with E-state index < -0.39 is 0 Å². The molecular formula is C23H29NO2S. The van der Waals surface area contributed by atoms with E-state index in [9.17, 15) is 4.79 Å². The van der Waals surface area contributed by atoms with Crippen LogP contribution < -0.4 is 0 Å². The Morgan fingerprint density at radius 3 is 2.67 bits per heavy atom. The second kappa shape index (κ2) is 5.56. The van der Waals surface area contributed by atoms with Gasteiger partial charge in [-0.3, -0.25) is 4.79 Å². The average Bonchev–Trinajstić information content (AvgIpc) is 3.19. The van der Waals surface area contributed by atoms with Gasteiger partial charge in [0, 0.05) is 11.3 Å². The Hall–Kier alpha value is -1.42. The summed E-state index contributed by atoms with van der Waals surface area (Å²) in [6.45, 7) is 9.49. The maximum atomic E-state index is 12.2. The van der Waals surface area contributed by atoms with E-state index in [4.69, 9.17) is 9.72 Å². The van der Waals surface area contributed by atoms with Crippen molar-refractivity contribution in [2.24, 2.45) is 23.2 Å². The van der Waals surface area contributed by atoms with Crippen LogP contribution >= 0.6 is 11.3 Å². The fraction of sp³-hybridized carbons (Fsp3) is 0.652. The Kier molecular flexibility index (Phi) is 3.64. The van der Waals surface area contributed by atoms with E-state index in [1.165, 1.54) is 22.5 Å². The average molecular weight is 384 g/mol. The van der Waals surface area contributed by atoms with Crippen LogP contribution in [0.3, 0.4) is 0 Å². The second-order valence-corrected chi connectivity index (χ2v) is 10.9. The van der Waals surface area contributed by atoms with Gasteiger partial charge in [-0.2, -0.15) is 0 Å². The number of aromatic nitrogens is 1. The Balaban J connectivity index is 1.63. The van der Waals surface area contributed by atoms with Crippen LogP contribution in [-0.2, 0) is 14.9 Å². The van der Waals surface area contributed by atoms with Crippen molar-refractivity contribution in [3.8, 4) is 0 Å². The molecule has 6 atom stereocenters. The van der Waals surface area contributed by atoms with Crippen LogP contribution in [0.25, 0.3) is 10.2 Å². The minimum atomic E-state index is -0.266. The van der Waals surface area contributed by atoms with E-state index in [2.05, 4.69) is 52.0 Å². The third kappa shape index (κ3) is 2.25. The quantitative estimate of drug-likeness (QED) is 0.591. The standard InChI is InChI=1S/C23H29NO2S/c1-14-9-11-21(2)17(10-12-22(3)18(21)13-19(25)26-22)23(14,4)20-24-15-7-5-6-8-16(15)27-20/h5-8,14,17-18H,9-13H2,1-4H3. The number of carbonyl (C=O) groups excluding carboxylic acids is 1.